The van der Waals surface area contributed by atoms with E-state index < -0.39 is 11.2 Å². The summed E-state index contributed by atoms with van der Waals surface area (Å²) < 4.78 is 1.96. The third kappa shape index (κ3) is 2.64. The van der Waals surface area contributed by atoms with Gasteiger partial charge >= 0.3 is 5.69 Å². The van der Waals surface area contributed by atoms with E-state index in [2.05, 4.69) is 9.98 Å². The maximum atomic E-state index is 12.1. The van der Waals surface area contributed by atoms with Crippen LogP contribution < -0.4 is 11.2 Å². The van der Waals surface area contributed by atoms with E-state index >= 15 is 0 Å². The number of aliphatic imine (C=N–C) groups is 1. The van der Waals surface area contributed by atoms with Gasteiger partial charge in [-0.25, -0.2) is 4.79 Å². The van der Waals surface area contributed by atoms with Gasteiger partial charge in [0.15, 0.2) is 0 Å². The molecule has 0 aliphatic carbocycles. The van der Waals surface area contributed by atoms with Crippen molar-refractivity contribution >= 4 is 17.1 Å². The van der Waals surface area contributed by atoms with Gasteiger partial charge in [-0.2, -0.15) is 0 Å². The molecule has 1 aromatic carbocycles. The summed E-state index contributed by atoms with van der Waals surface area (Å²) in [5.41, 5.74) is 1.08. The van der Waals surface area contributed by atoms with Crippen LogP contribution in [0, 0.1) is 0 Å². The van der Waals surface area contributed by atoms with Gasteiger partial charge in [-0.15, -0.1) is 0 Å². The van der Waals surface area contributed by atoms with Crippen LogP contribution in [0.4, 0.5) is 0 Å². The van der Waals surface area contributed by atoms with Gasteiger partial charge in [0.05, 0.1) is 0 Å². The minimum atomic E-state index is -0.576. The molecule has 7 heteroatoms. The topological polar surface area (TPSA) is 92.4 Å². The van der Waals surface area contributed by atoms with Crippen LogP contribution in [0.3, 0.4) is 0 Å². The molecule has 2 heterocycles. The summed E-state index contributed by atoms with van der Waals surface area (Å²) in [5.74, 6) is -0.376. The van der Waals surface area contributed by atoms with E-state index in [0.29, 0.717) is 13.0 Å². The fourth-order valence-corrected chi connectivity index (χ4v) is 2.65. The highest BCUT2D eigenvalue weighted by atomic mass is 16.3. The first-order valence-electron chi connectivity index (χ1n) is 7.54. The number of benzene rings is 1. The predicted molar refractivity (Wildman–Crippen MR) is 93.1 cm³/mol. The predicted octanol–water partition coefficient (Wildman–Crippen LogP) is 0.932. The van der Waals surface area contributed by atoms with E-state index in [-0.39, 0.29) is 11.4 Å². The third-order valence-corrected chi connectivity index (χ3v) is 4.07. The van der Waals surface area contributed by atoms with Crippen LogP contribution in [-0.2, 0) is 20.5 Å². The molecule has 0 unspecified atom stereocenters. The molecule has 124 valence electrons. The van der Waals surface area contributed by atoms with E-state index in [1.807, 2.05) is 30.5 Å². The van der Waals surface area contributed by atoms with Gasteiger partial charge in [-0.05, 0) is 18.1 Å². The Morgan fingerprint density at radius 3 is 2.75 bits per heavy atom. The maximum absolute atomic E-state index is 12.1. The summed E-state index contributed by atoms with van der Waals surface area (Å²) in [6.45, 7) is 0.466. The summed E-state index contributed by atoms with van der Waals surface area (Å²) >= 11 is 0. The average molecular weight is 326 g/mol. The lowest BCUT2D eigenvalue weighted by Crippen LogP contribution is -2.38. The standard InChI is InChI=1S/C17H18N4O3/c1-20-15(22)13(16(23)21(2)17(20)24)10-18-8-7-11-9-19-14-6-4-3-5-12(11)14/h3-6,9-10,19,22H,7-8H2,1-2H3. The minimum absolute atomic E-state index is 0.0125. The molecule has 0 spiro atoms. The number of hydrogen-bond acceptors (Lipinski definition) is 4. The molecule has 24 heavy (non-hydrogen) atoms. The van der Waals surface area contributed by atoms with Crippen molar-refractivity contribution in [3.63, 3.8) is 0 Å². The van der Waals surface area contributed by atoms with E-state index in [4.69, 9.17) is 0 Å². The van der Waals surface area contributed by atoms with Crippen LogP contribution >= 0.6 is 0 Å². The van der Waals surface area contributed by atoms with Crippen LogP contribution in [0.25, 0.3) is 10.9 Å². The summed E-state index contributed by atoms with van der Waals surface area (Å²) in [6.07, 6.45) is 3.97. The molecule has 7 nitrogen and oxygen atoms in total. The number of fused-ring (bicyclic) bond motifs is 1. The molecule has 0 amide bonds. The molecule has 0 atom stereocenters. The molecule has 0 saturated carbocycles. The third-order valence-electron chi connectivity index (χ3n) is 4.07. The molecule has 2 N–H and O–H groups in total. The second-order valence-corrected chi connectivity index (χ2v) is 5.59. The van der Waals surface area contributed by atoms with Crippen LogP contribution in [0.15, 0.2) is 45.0 Å². The molecule has 0 fully saturated rings. The highest BCUT2D eigenvalue weighted by molar-refractivity contribution is 5.83. The fourth-order valence-electron chi connectivity index (χ4n) is 2.65. The lowest BCUT2D eigenvalue weighted by atomic mass is 10.1. The van der Waals surface area contributed by atoms with Crippen molar-refractivity contribution in [2.75, 3.05) is 6.54 Å². The van der Waals surface area contributed by atoms with Crippen LogP contribution in [0.2, 0.25) is 0 Å². The van der Waals surface area contributed by atoms with Gasteiger partial charge in [-0.3, -0.25) is 18.9 Å². The highest BCUT2D eigenvalue weighted by Gasteiger charge is 2.12. The Kier molecular flexibility index (Phi) is 4.07. The Balaban J connectivity index is 1.81. The number of aromatic amines is 1. The number of aromatic nitrogens is 3. The second-order valence-electron chi connectivity index (χ2n) is 5.59. The number of hydrogen-bond donors (Lipinski definition) is 2. The summed E-state index contributed by atoms with van der Waals surface area (Å²) in [7, 11) is 2.77. The van der Waals surface area contributed by atoms with Crippen LogP contribution in [0.5, 0.6) is 5.88 Å². The Labute approximate surface area is 137 Å². The Bertz CT molecular complexity index is 1040. The zero-order valence-electron chi connectivity index (χ0n) is 13.5. The molecule has 0 aliphatic rings. The first kappa shape index (κ1) is 15.8. The summed E-state index contributed by atoms with van der Waals surface area (Å²) in [6, 6.07) is 8.00. The molecule has 0 radical (unpaired) electrons. The molecule has 0 bridgehead atoms. The van der Waals surface area contributed by atoms with Crippen molar-refractivity contribution in [2.45, 2.75) is 6.42 Å². The summed E-state index contributed by atoms with van der Waals surface area (Å²) in [4.78, 5) is 31.2. The molecular formula is C17H18N4O3. The van der Waals surface area contributed by atoms with Gasteiger partial charge in [0.1, 0.15) is 5.56 Å². The smallest absolute Gasteiger partial charge is 0.333 e. The maximum Gasteiger partial charge on any atom is 0.333 e. The second kappa shape index (κ2) is 6.19. The fraction of sp³-hybridized carbons (Fsp3) is 0.235. The number of aromatic hydroxyl groups is 1. The monoisotopic (exact) mass is 326 g/mol. The zero-order chi connectivity index (χ0) is 17.3. The van der Waals surface area contributed by atoms with Crippen molar-refractivity contribution in [3.8, 4) is 5.88 Å². The number of nitrogens with one attached hydrogen (secondary N) is 1. The minimum Gasteiger partial charge on any atom is -0.494 e. The molecule has 2 aromatic heterocycles. The normalized spacial score (nSPS) is 11.6. The van der Waals surface area contributed by atoms with E-state index in [1.54, 1.807) is 0 Å². The first-order valence-corrected chi connectivity index (χ1v) is 7.54. The Hall–Kier alpha value is -3.09. The average Bonchev–Trinajstić information content (AvgIpc) is 3.01. The lowest BCUT2D eigenvalue weighted by molar-refractivity contribution is 0.410. The zero-order valence-corrected chi connectivity index (χ0v) is 13.5. The van der Waals surface area contributed by atoms with Crippen molar-refractivity contribution < 1.29 is 5.11 Å². The largest absolute Gasteiger partial charge is 0.494 e. The van der Waals surface area contributed by atoms with E-state index in [1.165, 1.54) is 20.3 Å². The quantitative estimate of drug-likeness (QED) is 0.699. The van der Waals surface area contributed by atoms with E-state index in [9.17, 15) is 14.7 Å². The molecule has 0 aliphatic heterocycles. The summed E-state index contributed by atoms with van der Waals surface area (Å²) in [5, 5.41) is 11.1. The molecular weight excluding hydrogens is 308 g/mol. The van der Waals surface area contributed by atoms with E-state index in [0.717, 1.165) is 25.6 Å². The van der Waals surface area contributed by atoms with Gasteiger partial charge in [-0.1, -0.05) is 18.2 Å². The van der Waals surface area contributed by atoms with Gasteiger partial charge in [0, 0.05) is 44.0 Å². The van der Waals surface area contributed by atoms with Gasteiger partial charge < -0.3 is 10.1 Å². The number of para-hydroxylation sites is 1. The highest BCUT2D eigenvalue weighted by Crippen LogP contribution is 2.18. The number of rotatable bonds is 4. The van der Waals surface area contributed by atoms with Gasteiger partial charge in [0.25, 0.3) is 5.56 Å². The van der Waals surface area contributed by atoms with Crippen LogP contribution in [-0.4, -0.2) is 32.0 Å². The van der Waals surface area contributed by atoms with Crippen molar-refractivity contribution in [1.29, 1.82) is 0 Å². The molecule has 3 rings (SSSR count). The first-order chi connectivity index (χ1) is 11.5. The Morgan fingerprint density at radius 1 is 1.21 bits per heavy atom. The van der Waals surface area contributed by atoms with Crippen LogP contribution in [0.1, 0.15) is 11.1 Å². The van der Waals surface area contributed by atoms with Crippen molar-refractivity contribution in [1.82, 2.24) is 14.1 Å². The number of H-pyrrole nitrogens is 1. The molecule has 0 saturated heterocycles. The lowest BCUT2D eigenvalue weighted by Gasteiger charge is -2.06. The van der Waals surface area contributed by atoms with Crippen molar-refractivity contribution in [2.24, 2.45) is 19.1 Å². The Morgan fingerprint density at radius 2 is 1.96 bits per heavy atom. The van der Waals surface area contributed by atoms with Crippen molar-refractivity contribution in [3.05, 3.63) is 62.4 Å². The number of nitrogens with zero attached hydrogens (tertiary/aromatic N) is 3. The SMILES string of the molecule is Cn1c(O)c(C=NCCc2c[nH]c3ccccc23)c(=O)n(C)c1=O. The van der Waals surface area contributed by atoms with Gasteiger partial charge in [0.2, 0.25) is 5.88 Å². The molecule has 3 aromatic rings.